The van der Waals surface area contributed by atoms with Crippen molar-refractivity contribution in [3.05, 3.63) is 65.3 Å². The standard InChI is InChI=1S/C22H23N5O4S2/c23-12-16(13-24)22(29)8-10-27(11-9-22)21(28)15-4-6-17(7-5-15)26-33(30,31)19-3-1-2-18-20(19)25-14-32-18/h1-7,12-14,23,26,29H,8-11,24H2/b16-13+,23-12?. The Kier molecular flexibility index (Phi) is 6.19. The predicted molar refractivity (Wildman–Crippen MR) is 128 cm³/mol. The van der Waals surface area contributed by atoms with Crippen molar-refractivity contribution in [1.29, 1.82) is 5.41 Å². The molecule has 1 amide bonds. The fourth-order valence-electron chi connectivity index (χ4n) is 3.86. The molecule has 2 heterocycles. The highest BCUT2D eigenvalue weighted by molar-refractivity contribution is 7.93. The number of nitrogens with zero attached hydrogens (tertiary/aromatic N) is 2. The fourth-order valence-corrected chi connectivity index (χ4v) is 5.86. The number of rotatable bonds is 6. The zero-order valence-corrected chi connectivity index (χ0v) is 19.2. The second-order valence-electron chi connectivity index (χ2n) is 7.73. The second-order valence-corrected chi connectivity index (χ2v) is 10.3. The lowest BCUT2D eigenvalue weighted by Crippen LogP contribution is -2.48. The molecule has 4 rings (SSSR count). The summed E-state index contributed by atoms with van der Waals surface area (Å²) in [5.41, 5.74) is 7.37. The molecule has 2 aromatic carbocycles. The highest BCUT2D eigenvalue weighted by atomic mass is 32.2. The number of aliphatic hydroxyl groups is 1. The number of nitrogens with one attached hydrogen (secondary N) is 2. The van der Waals surface area contributed by atoms with Crippen molar-refractivity contribution in [2.45, 2.75) is 23.3 Å². The average molecular weight is 486 g/mol. The number of likely N-dealkylation sites (tertiary alicyclic amines) is 1. The molecular weight excluding hydrogens is 462 g/mol. The molecule has 172 valence electrons. The smallest absolute Gasteiger partial charge is 0.264 e. The van der Waals surface area contributed by atoms with Crippen LogP contribution in [0.15, 0.2) is 64.6 Å². The number of piperidine rings is 1. The number of hydrogen-bond donors (Lipinski definition) is 4. The van der Waals surface area contributed by atoms with E-state index in [0.717, 1.165) is 10.9 Å². The van der Waals surface area contributed by atoms with Crippen LogP contribution in [0.5, 0.6) is 0 Å². The molecule has 9 nitrogen and oxygen atoms in total. The number of sulfonamides is 1. The first-order valence-corrected chi connectivity index (χ1v) is 12.5. The van der Waals surface area contributed by atoms with Crippen molar-refractivity contribution < 1.29 is 18.3 Å². The molecule has 0 spiro atoms. The number of anilines is 1. The van der Waals surface area contributed by atoms with Crippen LogP contribution < -0.4 is 10.5 Å². The van der Waals surface area contributed by atoms with Crippen LogP contribution in [-0.2, 0) is 10.0 Å². The topological polar surface area (TPSA) is 149 Å². The van der Waals surface area contributed by atoms with E-state index in [1.165, 1.54) is 35.7 Å². The molecular formula is C22H23N5O4S2. The van der Waals surface area contributed by atoms with Crippen LogP contribution in [-0.4, -0.2) is 54.2 Å². The Bertz CT molecular complexity index is 1320. The molecule has 0 bridgehead atoms. The number of benzene rings is 2. The largest absolute Gasteiger partial charge is 0.404 e. The molecule has 33 heavy (non-hydrogen) atoms. The van der Waals surface area contributed by atoms with Gasteiger partial charge in [0.25, 0.3) is 15.9 Å². The highest BCUT2D eigenvalue weighted by Crippen LogP contribution is 2.30. The lowest BCUT2D eigenvalue weighted by molar-refractivity contribution is 0.0147. The summed E-state index contributed by atoms with van der Waals surface area (Å²) >= 11 is 1.36. The average Bonchev–Trinajstić information content (AvgIpc) is 3.29. The highest BCUT2D eigenvalue weighted by Gasteiger charge is 2.36. The van der Waals surface area contributed by atoms with Crippen molar-refractivity contribution in [1.82, 2.24) is 9.88 Å². The Labute approximate surface area is 195 Å². The van der Waals surface area contributed by atoms with Gasteiger partial charge in [-0.1, -0.05) is 6.07 Å². The number of hydrogen-bond acceptors (Lipinski definition) is 8. The lowest BCUT2D eigenvalue weighted by Gasteiger charge is -2.38. The van der Waals surface area contributed by atoms with E-state index < -0.39 is 15.6 Å². The Hall–Kier alpha value is -3.28. The third kappa shape index (κ3) is 4.47. The SMILES string of the molecule is N=C/C(=C\N)C1(O)CCN(C(=O)c2ccc(NS(=O)(=O)c3cccc4scnc34)cc2)CC1. The number of para-hydroxylation sites is 1. The molecule has 0 aliphatic carbocycles. The maximum Gasteiger partial charge on any atom is 0.264 e. The number of aromatic nitrogens is 1. The number of nitrogens with two attached hydrogens (primary N) is 1. The van der Waals surface area contributed by atoms with E-state index >= 15 is 0 Å². The minimum absolute atomic E-state index is 0.0954. The minimum atomic E-state index is -3.85. The van der Waals surface area contributed by atoms with Gasteiger partial charge in [0, 0.05) is 42.3 Å². The first-order valence-electron chi connectivity index (χ1n) is 10.2. The molecule has 5 N–H and O–H groups in total. The van der Waals surface area contributed by atoms with Gasteiger partial charge in [-0.15, -0.1) is 11.3 Å². The number of fused-ring (bicyclic) bond motifs is 1. The second kappa shape index (κ2) is 8.93. The fraction of sp³-hybridized carbons (Fsp3) is 0.227. The van der Waals surface area contributed by atoms with Crippen LogP contribution in [0.4, 0.5) is 5.69 Å². The van der Waals surface area contributed by atoms with Crippen LogP contribution in [0.3, 0.4) is 0 Å². The van der Waals surface area contributed by atoms with E-state index in [1.54, 1.807) is 28.6 Å². The van der Waals surface area contributed by atoms with Gasteiger partial charge in [0.1, 0.15) is 10.4 Å². The summed E-state index contributed by atoms with van der Waals surface area (Å²) in [6.07, 6.45) is 2.81. The maximum absolute atomic E-state index is 12.9. The first-order chi connectivity index (χ1) is 15.8. The summed E-state index contributed by atoms with van der Waals surface area (Å²) in [7, 11) is -3.85. The third-order valence-corrected chi connectivity index (χ3v) is 7.95. The van der Waals surface area contributed by atoms with Crippen LogP contribution >= 0.6 is 11.3 Å². The van der Waals surface area contributed by atoms with Crippen molar-refractivity contribution in [2.24, 2.45) is 5.73 Å². The van der Waals surface area contributed by atoms with E-state index in [9.17, 15) is 18.3 Å². The van der Waals surface area contributed by atoms with Crippen LogP contribution in [0, 0.1) is 5.41 Å². The molecule has 1 aliphatic heterocycles. The molecule has 0 radical (unpaired) electrons. The van der Waals surface area contributed by atoms with Crippen molar-refractivity contribution >= 4 is 49.4 Å². The zero-order valence-electron chi connectivity index (χ0n) is 17.6. The van der Waals surface area contributed by atoms with Crippen LogP contribution in [0.25, 0.3) is 10.2 Å². The normalized spacial score (nSPS) is 16.5. The summed E-state index contributed by atoms with van der Waals surface area (Å²) in [4.78, 5) is 18.7. The van der Waals surface area contributed by atoms with Gasteiger partial charge in [-0.05, 0) is 49.2 Å². The Morgan fingerprint density at radius 2 is 1.91 bits per heavy atom. The molecule has 11 heteroatoms. The number of amides is 1. The van der Waals surface area contributed by atoms with E-state index in [1.807, 2.05) is 6.07 Å². The molecule has 0 unspecified atom stereocenters. The molecule has 1 aliphatic rings. The summed E-state index contributed by atoms with van der Waals surface area (Å²) in [5.74, 6) is -0.216. The summed E-state index contributed by atoms with van der Waals surface area (Å²) in [6.45, 7) is 0.624. The zero-order chi connectivity index (χ0) is 23.6. The monoisotopic (exact) mass is 485 g/mol. The van der Waals surface area contributed by atoms with Gasteiger partial charge in [-0.25, -0.2) is 13.4 Å². The minimum Gasteiger partial charge on any atom is -0.404 e. The number of carbonyl (C=O) groups excluding carboxylic acids is 1. The van der Waals surface area contributed by atoms with Gasteiger partial charge in [-0.2, -0.15) is 0 Å². The number of carbonyl (C=O) groups is 1. The maximum atomic E-state index is 12.9. The third-order valence-electron chi connectivity index (χ3n) is 5.75. The molecule has 1 aromatic heterocycles. The first kappa shape index (κ1) is 22.9. The van der Waals surface area contributed by atoms with E-state index in [4.69, 9.17) is 11.1 Å². The Morgan fingerprint density at radius 3 is 2.55 bits per heavy atom. The molecule has 1 saturated heterocycles. The van der Waals surface area contributed by atoms with Crippen LogP contribution in [0.1, 0.15) is 23.2 Å². The summed E-state index contributed by atoms with van der Waals surface area (Å²) in [6, 6.07) is 11.2. The van der Waals surface area contributed by atoms with Crippen LogP contribution in [0.2, 0.25) is 0 Å². The Morgan fingerprint density at radius 1 is 1.21 bits per heavy atom. The molecule has 1 fully saturated rings. The van der Waals surface area contributed by atoms with Gasteiger partial charge in [0.05, 0.1) is 15.8 Å². The molecule has 0 atom stereocenters. The van der Waals surface area contributed by atoms with Gasteiger partial charge in [0.15, 0.2) is 0 Å². The van der Waals surface area contributed by atoms with E-state index in [2.05, 4.69) is 9.71 Å². The number of thiazole rings is 1. The van der Waals surface area contributed by atoms with Crippen molar-refractivity contribution in [3.63, 3.8) is 0 Å². The predicted octanol–water partition coefficient (Wildman–Crippen LogP) is 2.56. The van der Waals surface area contributed by atoms with Crippen molar-refractivity contribution in [3.8, 4) is 0 Å². The lowest BCUT2D eigenvalue weighted by atomic mass is 9.84. The van der Waals surface area contributed by atoms with Gasteiger partial charge >= 0.3 is 0 Å². The molecule has 0 saturated carbocycles. The van der Waals surface area contributed by atoms with Crippen molar-refractivity contribution in [2.75, 3.05) is 17.8 Å². The van der Waals surface area contributed by atoms with Gasteiger partial charge in [-0.3, -0.25) is 9.52 Å². The quantitative estimate of drug-likeness (QED) is 0.394. The van der Waals surface area contributed by atoms with Gasteiger partial charge in [0.2, 0.25) is 0 Å². The summed E-state index contributed by atoms with van der Waals surface area (Å²) in [5, 5.41) is 18.1. The Balaban J connectivity index is 1.45. The van der Waals surface area contributed by atoms with E-state index in [-0.39, 0.29) is 23.6 Å². The van der Waals surface area contributed by atoms with E-state index in [0.29, 0.717) is 35.4 Å². The summed E-state index contributed by atoms with van der Waals surface area (Å²) < 4.78 is 29.1. The molecule has 3 aromatic rings. The van der Waals surface area contributed by atoms with Gasteiger partial charge < -0.3 is 21.1 Å².